The Hall–Kier alpha value is -1.63. The molecule has 2 fully saturated rings. The minimum atomic E-state index is -0.823. The highest BCUT2D eigenvalue weighted by molar-refractivity contribution is 5.64. The first-order chi connectivity index (χ1) is 10.1. The van der Waals surface area contributed by atoms with Crippen molar-refractivity contribution in [3.05, 3.63) is 35.9 Å². The molecule has 2 aliphatic rings. The van der Waals surface area contributed by atoms with Crippen molar-refractivity contribution < 1.29 is 23.7 Å². The first kappa shape index (κ1) is 14.3. The van der Waals surface area contributed by atoms with Gasteiger partial charge in [0.05, 0.1) is 6.61 Å². The van der Waals surface area contributed by atoms with E-state index in [1.165, 1.54) is 0 Å². The highest BCUT2D eigenvalue weighted by Crippen LogP contribution is 2.42. The molecule has 0 saturated carbocycles. The maximum absolute atomic E-state index is 11.0. The third-order valence-corrected chi connectivity index (χ3v) is 4.09. The summed E-state index contributed by atoms with van der Waals surface area (Å²) in [6.45, 7) is 0.580. The Morgan fingerprint density at radius 3 is 2.71 bits per heavy atom. The summed E-state index contributed by atoms with van der Waals surface area (Å²) < 4.78 is 22.1. The Morgan fingerprint density at radius 2 is 2.19 bits per heavy atom. The van der Waals surface area contributed by atoms with Gasteiger partial charge in [0.2, 0.25) is 0 Å². The van der Waals surface area contributed by atoms with Crippen LogP contribution in [0.25, 0.3) is 0 Å². The molecule has 1 aromatic rings. The molecule has 114 valence electrons. The number of amides is 1. The maximum atomic E-state index is 11.0. The molecule has 0 spiro atoms. The van der Waals surface area contributed by atoms with Crippen molar-refractivity contribution in [2.75, 3.05) is 20.3 Å². The molecule has 2 saturated heterocycles. The van der Waals surface area contributed by atoms with E-state index in [1.807, 2.05) is 30.3 Å². The fourth-order valence-corrected chi connectivity index (χ4v) is 2.92. The van der Waals surface area contributed by atoms with Crippen LogP contribution in [0.3, 0.4) is 0 Å². The van der Waals surface area contributed by atoms with E-state index < -0.39 is 11.7 Å². The number of nitrogens with two attached hydrogens (primary N) is 1. The molecule has 21 heavy (non-hydrogen) atoms. The number of benzene rings is 1. The van der Waals surface area contributed by atoms with Gasteiger partial charge in [-0.25, -0.2) is 4.79 Å². The van der Waals surface area contributed by atoms with Gasteiger partial charge in [-0.15, -0.1) is 0 Å². The molecular formula is C15H19NO5. The number of rotatable bonds is 6. The van der Waals surface area contributed by atoms with Crippen LogP contribution in [0.2, 0.25) is 0 Å². The van der Waals surface area contributed by atoms with Crippen molar-refractivity contribution in [3.63, 3.8) is 0 Å². The summed E-state index contributed by atoms with van der Waals surface area (Å²) in [5.41, 5.74) is 5.37. The van der Waals surface area contributed by atoms with Crippen LogP contribution in [0.1, 0.15) is 5.56 Å². The van der Waals surface area contributed by atoms with Crippen molar-refractivity contribution >= 4 is 6.09 Å². The van der Waals surface area contributed by atoms with Crippen molar-refractivity contribution in [1.82, 2.24) is 0 Å². The Morgan fingerprint density at radius 1 is 1.43 bits per heavy atom. The van der Waals surface area contributed by atoms with E-state index in [2.05, 4.69) is 0 Å². The van der Waals surface area contributed by atoms with Crippen molar-refractivity contribution in [3.8, 4) is 0 Å². The van der Waals surface area contributed by atoms with Crippen LogP contribution in [-0.2, 0) is 25.4 Å². The molecule has 2 aliphatic heterocycles. The SMILES string of the molecule is CO[C@@](COC(N)=O)(Cc1ccccc1)[C@@H]1OC[C@H]2O[C@H]12. The van der Waals surface area contributed by atoms with Gasteiger partial charge in [0, 0.05) is 13.5 Å². The molecule has 1 aromatic carbocycles. The fraction of sp³-hybridized carbons (Fsp3) is 0.533. The molecule has 4 atom stereocenters. The number of ether oxygens (including phenoxy) is 4. The van der Waals surface area contributed by atoms with Gasteiger partial charge in [-0.1, -0.05) is 30.3 Å². The molecule has 0 aliphatic carbocycles. The number of epoxide rings is 1. The molecule has 1 amide bonds. The number of hydrogen-bond acceptors (Lipinski definition) is 5. The number of hydrogen-bond donors (Lipinski definition) is 1. The van der Waals surface area contributed by atoms with E-state index in [4.69, 9.17) is 24.7 Å². The molecule has 6 heteroatoms. The summed E-state index contributed by atoms with van der Waals surface area (Å²) in [4.78, 5) is 11.0. The standard InChI is InChI=1S/C15H19NO5/c1-18-15(9-20-14(16)17,7-10-5-3-2-4-6-10)13-12-11(21-12)8-19-13/h2-6,11-13H,7-9H2,1H3,(H2,16,17)/t11-,12+,13-,15-/m1/s1. The lowest BCUT2D eigenvalue weighted by Crippen LogP contribution is -2.53. The summed E-state index contributed by atoms with van der Waals surface area (Å²) >= 11 is 0. The summed E-state index contributed by atoms with van der Waals surface area (Å²) in [5.74, 6) is 0. The molecule has 0 bridgehead atoms. The molecule has 2 heterocycles. The minimum Gasteiger partial charge on any atom is -0.447 e. The van der Waals surface area contributed by atoms with Crippen molar-refractivity contribution in [2.45, 2.75) is 30.3 Å². The minimum absolute atomic E-state index is 0.00476. The van der Waals surface area contributed by atoms with Gasteiger partial charge in [-0.3, -0.25) is 0 Å². The molecule has 0 aromatic heterocycles. The molecule has 3 rings (SSSR count). The topological polar surface area (TPSA) is 83.3 Å². The Labute approximate surface area is 123 Å². The van der Waals surface area contributed by atoms with Crippen LogP contribution in [0.15, 0.2) is 30.3 Å². The third kappa shape index (κ3) is 2.88. The number of fused-ring (bicyclic) bond motifs is 1. The summed E-state index contributed by atoms with van der Waals surface area (Å²) in [7, 11) is 1.59. The van der Waals surface area contributed by atoms with Gasteiger partial charge < -0.3 is 24.7 Å². The average Bonchev–Trinajstić information content (AvgIpc) is 3.15. The van der Waals surface area contributed by atoms with Crippen LogP contribution in [0.4, 0.5) is 4.79 Å². The van der Waals surface area contributed by atoms with Gasteiger partial charge in [-0.05, 0) is 5.56 Å². The monoisotopic (exact) mass is 293 g/mol. The lowest BCUT2D eigenvalue weighted by molar-refractivity contribution is -0.153. The van der Waals surface area contributed by atoms with E-state index in [0.29, 0.717) is 13.0 Å². The van der Waals surface area contributed by atoms with Crippen LogP contribution < -0.4 is 5.73 Å². The predicted octanol–water partition coefficient (Wildman–Crippen LogP) is 0.876. The van der Waals surface area contributed by atoms with Crippen molar-refractivity contribution in [1.29, 1.82) is 0 Å². The average molecular weight is 293 g/mol. The highest BCUT2D eigenvalue weighted by Gasteiger charge is 2.60. The second-order valence-electron chi connectivity index (χ2n) is 5.43. The molecule has 2 N–H and O–H groups in total. The molecule has 0 unspecified atom stereocenters. The first-order valence-electron chi connectivity index (χ1n) is 6.93. The molecule has 0 radical (unpaired) electrons. The Bertz CT molecular complexity index is 508. The second-order valence-corrected chi connectivity index (χ2v) is 5.43. The second kappa shape index (κ2) is 5.63. The lowest BCUT2D eigenvalue weighted by Gasteiger charge is -2.36. The van der Waals surface area contributed by atoms with Crippen LogP contribution in [0.5, 0.6) is 0 Å². The maximum Gasteiger partial charge on any atom is 0.404 e. The largest absolute Gasteiger partial charge is 0.447 e. The first-order valence-corrected chi connectivity index (χ1v) is 6.93. The number of methoxy groups -OCH3 is 1. The summed E-state index contributed by atoms with van der Waals surface area (Å²) in [5, 5.41) is 0. The smallest absolute Gasteiger partial charge is 0.404 e. The zero-order valence-corrected chi connectivity index (χ0v) is 11.9. The zero-order valence-electron chi connectivity index (χ0n) is 11.9. The third-order valence-electron chi connectivity index (χ3n) is 4.09. The molecule has 6 nitrogen and oxygen atoms in total. The van der Waals surface area contributed by atoms with E-state index in [1.54, 1.807) is 7.11 Å². The zero-order chi connectivity index (χ0) is 14.9. The Kier molecular flexibility index (Phi) is 3.84. The predicted molar refractivity (Wildman–Crippen MR) is 73.8 cm³/mol. The van der Waals surface area contributed by atoms with Gasteiger partial charge in [0.15, 0.2) is 0 Å². The number of carbonyl (C=O) groups excluding carboxylic acids is 1. The van der Waals surface area contributed by atoms with Crippen LogP contribution in [0, 0.1) is 0 Å². The van der Waals surface area contributed by atoms with E-state index in [0.717, 1.165) is 5.56 Å². The van der Waals surface area contributed by atoms with Crippen molar-refractivity contribution in [2.24, 2.45) is 5.73 Å². The van der Waals surface area contributed by atoms with E-state index in [-0.39, 0.29) is 24.9 Å². The Balaban J connectivity index is 1.82. The number of primary amides is 1. The fourth-order valence-electron chi connectivity index (χ4n) is 2.92. The quantitative estimate of drug-likeness (QED) is 0.787. The van der Waals surface area contributed by atoms with E-state index >= 15 is 0 Å². The van der Waals surface area contributed by atoms with Gasteiger partial charge in [0.1, 0.15) is 30.5 Å². The molecular weight excluding hydrogens is 274 g/mol. The van der Waals surface area contributed by atoms with Gasteiger partial charge in [-0.2, -0.15) is 0 Å². The van der Waals surface area contributed by atoms with Crippen LogP contribution in [-0.4, -0.2) is 50.3 Å². The van der Waals surface area contributed by atoms with Gasteiger partial charge >= 0.3 is 6.09 Å². The summed E-state index contributed by atoms with van der Waals surface area (Å²) in [6.07, 6.45) is -0.406. The van der Waals surface area contributed by atoms with Crippen LogP contribution >= 0.6 is 0 Å². The van der Waals surface area contributed by atoms with E-state index in [9.17, 15) is 4.79 Å². The highest BCUT2D eigenvalue weighted by atomic mass is 16.7. The lowest BCUT2D eigenvalue weighted by atomic mass is 9.87. The number of carbonyl (C=O) groups is 1. The summed E-state index contributed by atoms with van der Waals surface area (Å²) in [6, 6.07) is 9.85. The van der Waals surface area contributed by atoms with Gasteiger partial charge in [0.25, 0.3) is 0 Å². The normalized spacial score (nSPS) is 29.5.